The van der Waals surface area contributed by atoms with Crippen molar-refractivity contribution < 1.29 is 22.7 Å². The first-order chi connectivity index (χ1) is 10.3. The fourth-order valence-electron chi connectivity index (χ4n) is 2.26. The number of carbonyl (C=O) groups is 1. The quantitative estimate of drug-likeness (QED) is 0.929. The zero-order valence-corrected chi connectivity index (χ0v) is 12.5. The van der Waals surface area contributed by atoms with Crippen molar-refractivity contribution in [2.24, 2.45) is 0 Å². The van der Waals surface area contributed by atoms with Gasteiger partial charge in [0.15, 0.2) is 0 Å². The lowest BCUT2D eigenvalue weighted by Gasteiger charge is -2.06. The number of hydrogen-bond donors (Lipinski definition) is 1. The molecule has 0 amide bonds. The van der Waals surface area contributed by atoms with Crippen LogP contribution in [0.4, 0.5) is 4.39 Å². The number of hydrogen-bond acceptors (Lipinski definition) is 4. The molecule has 1 aliphatic rings. The molecule has 0 spiro atoms. The summed E-state index contributed by atoms with van der Waals surface area (Å²) >= 11 is 0. The average molecular weight is 324 g/mol. The summed E-state index contributed by atoms with van der Waals surface area (Å²) in [6, 6.07) is 2.31. The molecule has 0 aliphatic heterocycles. The molecule has 1 aliphatic carbocycles. The zero-order chi connectivity index (χ0) is 16.1. The van der Waals surface area contributed by atoms with E-state index in [1.165, 1.54) is 18.5 Å². The lowest BCUT2D eigenvalue weighted by molar-refractivity contribution is 0.0692. The molecular weight excluding hydrogens is 311 g/mol. The molecular formula is C14H13FN2O4S. The lowest BCUT2D eigenvalue weighted by Crippen LogP contribution is -2.17. The van der Waals surface area contributed by atoms with E-state index in [0.29, 0.717) is 29.5 Å². The van der Waals surface area contributed by atoms with Crippen LogP contribution >= 0.6 is 0 Å². The van der Waals surface area contributed by atoms with Crippen molar-refractivity contribution in [1.29, 1.82) is 0 Å². The minimum atomic E-state index is -3.48. The molecule has 8 heteroatoms. The van der Waals surface area contributed by atoms with Crippen LogP contribution in [-0.2, 0) is 10.0 Å². The maximum absolute atomic E-state index is 13.8. The van der Waals surface area contributed by atoms with E-state index in [4.69, 9.17) is 5.11 Å². The Kier molecular flexibility index (Phi) is 3.28. The van der Waals surface area contributed by atoms with Crippen LogP contribution in [0.15, 0.2) is 24.5 Å². The second-order valence-corrected chi connectivity index (χ2v) is 7.37. The first-order valence-electron chi connectivity index (χ1n) is 6.63. The van der Waals surface area contributed by atoms with E-state index in [-0.39, 0.29) is 0 Å². The van der Waals surface area contributed by atoms with Gasteiger partial charge in [-0.1, -0.05) is 0 Å². The van der Waals surface area contributed by atoms with Gasteiger partial charge in [-0.05, 0) is 43.0 Å². The van der Waals surface area contributed by atoms with Crippen molar-refractivity contribution in [3.63, 3.8) is 0 Å². The van der Waals surface area contributed by atoms with Gasteiger partial charge in [0.25, 0.3) is 10.0 Å². The molecule has 0 bridgehead atoms. The Morgan fingerprint density at radius 2 is 2.09 bits per heavy atom. The summed E-state index contributed by atoms with van der Waals surface area (Å²) in [4.78, 5) is 10.9. The molecule has 6 nitrogen and oxygen atoms in total. The Balaban J connectivity index is 2.04. The second kappa shape index (κ2) is 4.91. The number of nitrogens with zero attached hydrogens (tertiary/aromatic N) is 2. The van der Waals surface area contributed by atoms with Gasteiger partial charge in [0.1, 0.15) is 5.82 Å². The van der Waals surface area contributed by atoms with Crippen molar-refractivity contribution in [3.05, 3.63) is 41.5 Å². The summed E-state index contributed by atoms with van der Waals surface area (Å²) in [5.74, 6) is -2.22. The number of aryl methyl sites for hydroxylation is 1. The van der Waals surface area contributed by atoms with Crippen molar-refractivity contribution >= 4 is 16.0 Å². The third kappa shape index (κ3) is 2.39. The van der Waals surface area contributed by atoms with Crippen molar-refractivity contribution in [3.8, 4) is 11.1 Å². The Hall–Kier alpha value is -2.22. The van der Waals surface area contributed by atoms with E-state index in [9.17, 15) is 17.6 Å². The van der Waals surface area contributed by atoms with Crippen LogP contribution in [-0.4, -0.2) is 33.9 Å². The molecule has 1 aromatic carbocycles. The smallest absolute Gasteiger partial charge is 0.338 e. The topological polar surface area (TPSA) is 89.3 Å². The van der Waals surface area contributed by atoms with Crippen LogP contribution in [0.2, 0.25) is 0 Å². The van der Waals surface area contributed by atoms with Gasteiger partial charge >= 0.3 is 5.97 Å². The molecule has 1 fully saturated rings. The van der Waals surface area contributed by atoms with E-state index >= 15 is 0 Å². The Labute approximate surface area is 126 Å². The summed E-state index contributed by atoms with van der Waals surface area (Å²) in [5.41, 5.74) is 0.957. The highest BCUT2D eigenvalue weighted by molar-refractivity contribution is 7.90. The van der Waals surface area contributed by atoms with Crippen molar-refractivity contribution in [1.82, 2.24) is 9.19 Å². The van der Waals surface area contributed by atoms with E-state index < -0.39 is 32.6 Å². The van der Waals surface area contributed by atoms with Crippen LogP contribution in [0.5, 0.6) is 0 Å². The van der Waals surface area contributed by atoms with Crippen LogP contribution < -0.4 is 0 Å². The summed E-state index contributed by atoms with van der Waals surface area (Å²) in [7, 11) is -3.48. The van der Waals surface area contributed by atoms with Crippen LogP contribution in [0.25, 0.3) is 11.1 Å². The fourth-order valence-corrected chi connectivity index (χ4v) is 3.73. The van der Waals surface area contributed by atoms with Crippen LogP contribution in [0, 0.1) is 12.7 Å². The number of carboxylic acid groups (broad SMARTS) is 1. The molecule has 116 valence electrons. The molecule has 0 atom stereocenters. The summed E-state index contributed by atoms with van der Waals surface area (Å²) in [6.07, 6.45) is 3.91. The Bertz CT molecular complexity index is 869. The van der Waals surface area contributed by atoms with E-state index in [1.807, 2.05) is 0 Å². The lowest BCUT2D eigenvalue weighted by atomic mass is 10.0. The van der Waals surface area contributed by atoms with Crippen LogP contribution in [0.3, 0.4) is 0 Å². The molecule has 3 rings (SSSR count). The minimum Gasteiger partial charge on any atom is -0.478 e. The molecule has 1 N–H and O–H groups in total. The summed E-state index contributed by atoms with van der Waals surface area (Å²) < 4.78 is 38.9. The maximum atomic E-state index is 13.8. The summed E-state index contributed by atoms with van der Waals surface area (Å²) in [5, 5.41) is 12.3. The van der Waals surface area contributed by atoms with Gasteiger partial charge in [0.05, 0.1) is 23.2 Å². The number of aromatic carboxylic acids is 1. The first kappa shape index (κ1) is 14.7. The predicted octanol–water partition coefficient (Wildman–Crippen LogP) is 2.04. The monoisotopic (exact) mass is 324 g/mol. The van der Waals surface area contributed by atoms with Gasteiger partial charge in [0.2, 0.25) is 0 Å². The SMILES string of the molecule is Cc1cc(C(=O)O)c(F)cc1-c1cnn(S(=O)(=O)C2CC2)c1. The highest BCUT2D eigenvalue weighted by Crippen LogP contribution is 2.31. The molecule has 1 heterocycles. The molecule has 0 saturated heterocycles. The highest BCUT2D eigenvalue weighted by Gasteiger charge is 2.37. The molecule has 0 unspecified atom stereocenters. The molecule has 22 heavy (non-hydrogen) atoms. The van der Waals surface area contributed by atoms with Gasteiger partial charge < -0.3 is 5.11 Å². The summed E-state index contributed by atoms with van der Waals surface area (Å²) in [6.45, 7) is 1.63. The van der Waals surface area contributed by atoms with E-state index in [1.54, 1.807) is 6.92 Å². The van der Waals surface area contributed by atoms with Crippen LogP contribution in [0.1, 0.15) is 28.8 Å². The van der Waals surface area contributed by atoms with Gasteiger partial charge in [0, 0.05) is 5.56 Å². The molecule has 0 radical (unpaired) electrons. The first-order valence-corrected chi connectivity index (χ1v) is 8.14. The van der Waals surface area contributed by atoms with E-state index in [2.05, 4.69) is 5.10 Å². The van der Waals surface area contributed by atoms with E-state index in [0.717, 1.165) is 10.2 Å². The van der Waals surface area contributed by atoms with Crippen molar-refractivity contribution in [2.45, 2.75) is 25.0 Å². The van der Waals surface area contributed by atoms with Crippen molar-refractivity contribution in [2.75, 3.05) is 0 Å². The zero-order valence-electron chi connectivity index (χ0n) is 11.7. The third-order valence-corrected chi connectivity index (χ3v) is 5.66. The van der Waals surface area contributed by atoms with Gasteiger partial charge in [-0.25, -0.2) is 17.6 Å². The second-order valence-electron chi connectivity index (χ2n) is 5.30. The minimum absolute atomic E-state index is 0.396. The normalized spacial score (nSPS) is 15.0. The number of halogens is 1. The Morgan fingerprint density at radius 1 is 1.41 bits per heavy atom. The standard InChI is InChI=1S/C14H13FN2O4S/c1-8-4-12(14(18)19)13(15)5-11(8)9-6-16-17(7-9)22(20,21)10-2-3-10/h4-7,10H,2-3H2,1H3,(H,18,19). The molecule has 2 aromatic rings. The third-order valence-electron chi connectivity index (χ3n) is 3.62. The average Bonchev–Trinajstić information content (AvgIpc) is 3.19. The number of aromatic nitrogens is 2. The van der Waals surface area contributed by atoms with Gasteiger partial charge in [-0.15, -0.1) is 0 Å². The van der Waals surface area contributed by atoms with Gasteiger partial charge in [-0.2, -0.15) is 9.19 Å². The fraction of sp³-hybridized carbons (Fsp3) is 0.286. The number of rotatable bonds is 4. The predicted molar refractivity (Wildman–Crippen MR) is 76.7 cm³/mol. The molecule has 1 aromatic heterocycles. The number of carboxylic acids is 1. The number of benzene rings is 1. The Morgan fingerprint density at radius 3 is 2.68 bits per heavy atom. The highest BCUT2D eigenvalue weighted by atomic mass is 32.2. The van der Waals surface area contributed by atoms with Gasteiger partial charge in [-0.3, -0.25) is 0 Å². The molecule has 1 saturated carbocycles. The largest absolute Gasteiger partial charge is 0.478 e. The maximum Gasteiger partial charge on any atom is 0.338 e.